The van der Waals surface area contributed by atoms with E-state index in [0.29, 0.717) is 0 Å². The second kappa shape index (κ2) is 8.68. The summed E-state index contributed by atoms with van der Waals surface area (Å²) in [7, 11) is 1.62. The Morgan fingerprint density at radius 2 is 2.00 bits per heavy atom. The van der Waals surface area contributed by atoms with Crippen molar-refractivity contribution in [3.63, 3.8) is 0 Å². The van der Waals surface area contributed by atoms with Crippen LogP contribution in [0.2, 0.25) is 0 Å². The molecule has 27 heavy (non-hydrogen) atoms. The molecule has 1 amide bonds. The van der Waals surface area contributed by atoms with Gasteiger partial charge >= 0.3 is 0 Å². The molecule has 0 radical (unpaired) electrons. The second-order valence-electron chi connectivity index (χ2n) is 6.09. The number of hydrogen-bond acceptors (Lipinski definition) is 5. The van der Waals surface area contributed by atoms with E-state index in [1.54, 1.807) is 13.3 Å². The van der Waals surface area contributed by atoms with E-state index in [-0.39, 0.29) is 11.7 Å². The molecule has 138 valence electrons. The largest absolute Gasteiger partial charge is 0.497 e. The summed E-state index contributed by atoms with van der Waals surface area (Å²) in [6.07, 6.45) is 1.61. The number of aromatic nitrogens is 1. The Bertz CT molecular complexity index is 985. The smallest absolute Gasteiger partial charge is 0.250 e. The van der Waals surface area contributed by atoms with Gasteiger partial charge in [0.1, 0.15) is 5.75 Å². The first kappa shape index (κ1) is 18.9. The number of carbonyl (C=O) groups is 1. The fraction of sp³-hybridized carbons (Fsp3) is 0.190. The van der Waals surface area contributed by atoms with Crippen molar-refractivity contribution in [3.8, 4) is 5.75 Å². The molecule has 0 aliphatic heterocycles. The molecule has 0 spiro atoms. The zero-order chi connectivity index (χ0) is 19.2. The van der Waals surface area contributed by atoms with Gasteiger partial charge in [0.25, 0.3) is 0 Å². The Labute approximate surface area is 162 Å². The lowest BCUT2D eigenvalue weighted by Gasteiger charge is -2.09. The monoisotopic (exact) mass is 379 g/mol. The number of hydrazone groups is 1. The maximum atomic E-state index is 12.1. The molecular formula is C21H21N3O2S. The molecule has 3 rings (SSSR count). The number of hydrogen-bond donors (Lipinski definition) is 1. The fourth-order valence-electron chi connectivity index (χ4n) is 2.65. The highest BCUT2D eigenvalue weighted by Crippen LogP contribution is 2.29. The van der Waals surface area contributed by atoms with E-state index in [0.717, 1.165) is 38.4 Å². The summed E-state index contributed by atoms with van der Waals surface area (Å²) in [6, 6.07) is 15.5. The van der Waals surface area contributed by atoms with Crippen molar-refractivity contribution in [1.29, 1.82) is 0 Å². The molecule has 0 saturated heterocycles. The molecule has 0 bridgehead atoms. The van der Waals surface area contributed by atoms with Crippen LogP contribution in [0.4, 0.5) is 0 Å². The highest BCUT2D eigenvalue weighted by atomic mass is 32.2. The molecule has 0 atom stereocenters. The third-order valence-corrected chi connectivity index (χ3v) is 5.06. The molecular weight excluding hydrogens is 358 g/mol. The zero-order valence-electron chi connectivity index (χ0n) is 15.5. The van der Waals surface area contributed by atoms with E-state index in [4.69, 9.17) is 4.74 Å². The number of nitrogens with one attached hydrogen (secondary N) is 1. The zero-order valence-corrected chi connectivity index (χ0v) is 16.3. The SMILES string of the molecule is COc1ccc(/C=N/NC(=O)CSc2cc(C)nc3c(C)cccc23)cc1. The Morgan fingerprint density at radius 1 is 1.22 bits per heavy atom. The van der Waals surface area contributed by atoms with E-state index >= 15 is 0 Å². The van der Waals surface area contributed by atoms with Crippen LogP contribution in [0.25, 0.3) is 10.9 Å². The molecule has 1 aromatic heterocycles. The molecule has 0 aliphatic rings. The van der Waals surface area contributed by atoms with E-state index < -0.39 is 0 Å². The third-order valence-electron chi connectivity index (χ3n) is 4.01. The van der Waals surface area contributed by atoms with E-state index in [9.17, 15) is 4.79 Å². The average Bonchev–Trinajstić information content (AvgIpc) is 2.67. The van der Waals surface area contributed by atoms with Crippen LogP contribution < -0.4 is 10.2 Å². The number of methoxy groups -OCH3 is 1. The number of fused-ring (bicyclic) bond motifs is 1. The minimum atomic E-state index is -0.153. The summed E-state index contributed by atoms with van der Waals surface area (Å²) >= 11 is 1.49. The van der Waals surface area contributed by atoms with Gasteiger partial charge in [-0.2, -0.15) is 5.10 Å². The van der Waals surface area contributed by atoms with Crippen molar-refractivity contribution in [2.45, 2.75) is 18.7 Å². The van der Waals surface area contributed by atoms with Crippen LogP contribution in [0.5, 0.6) is 5.75 Å². The van der Waals surface area contributed by atoms with Gasteiger partial charge in [0, 0.05) is 16.0 Å². The van der Waals surface area contributed by atoms with Crippen molar-refractivity contribution in [3.05, 3.63) is 65.4 Å². The predicted octanol–water partition coefficient (Wildman–Crippen LogP) is 4.10. The first-order valence-corrected chi connectivity index (χ1v) is 9.51. The van der Waals surface area contributed by atoms with Crippen LogP contribution in [0.15, 0.2) is 58.5 Å². The maximum Gasteiger partial charge on any atom is 0.250 e. The van der Waals surface area contributed by atoms with Crippen molar-refractivity contribution < 1.29 is 9.53 Å². The molecule has 3 aromatic rings. The number of aryl methyl sites for hydroxylation is 2. The number of carbonyl (C=O) groups excluding carboxylic acids is 1. The number of benzene rings is 2. The minimum Gasteiger partial charge on any atom is -0.497 e. The molecule has 0 aliphatic carbocycles. The Balaban J connectivity index is 1.61. The van der Waals surface area contributed by atoms with Gasteiger partial charge < -0.3 is 4.74 Å². The lowest BCUT2D eigenvalue weighted by molar-refractivity contribution is -0.118. The second-order valence-corrected chi connectivity index (χ2v) is 7.11. The van der Waals surface area contributed by atoms with E-state index in [2.05, 4.69) is 15.5 Å². The van der Waals surface area contributed by atoms with Gasteiger partial charge in [-0.15, -0.1) is 11.8 Å². The highest BCUT2D eigenvalue weighted by molar-refractivity contribution is 8.00. The van der Waals surface area contributed by atoms with Crippen molar-refractivity contribution in [2.75, 3.05) is 12.9 Å². The molecule has 2 aromatic carbocycles. The Morgan fingerprint density at radius 3 is 2.74 bits per heavy atom. The van der Waals surface area contributed by atoms with Crippen molar-refractivity contribution in [2.24, 2.45) is 5.10 Å². The van der Waals surface area contributed by atoms with Crippen LogP contribution >= 0.6 is 11.8 Å². The topological polar surface area (TPSA) is 63.6 Å². The molecule has 1 N–H and O–H groups in total. The van der Waals surface area contributed by atoms with Crippen molar-refractivity contribution in [1.82, 2.24) is 10.4 Å². The Kier molecular flexibility index (Phi) is 6.08. The van der Waals surface area contributed by atoms with Gasteiger partial charge in [0.2, 0.25) is 5.91 Å². The van der Waals surface area contributed by atoms with Crippen LogP contribution in [-0.4, -0.2) is 30.0 Å². The van der Waals surface area contributed by atoms with E-state index in [1.807, 2.05) is 62.4 Å². The van der Waals surface area contributed by atoms with Gasteiger partial charge in [-0.05, 0) is 55.3 Å². The summed E-state index contributed by atoms with van der Waals surface area (Å²) in [6.45, 7) is 4.01. The number of nitrogens with zero attached hydrogens (tertiary/aromatic N) is 2. The van der Waals surface area contributed by atoms with Crippen molar-refractivity contribution >= 4 is 34.8 Å². The lowest BCUT2D eigenvalue weighted by atomic mass is 10.1. The number of para-hydroxylation sites is 1. The molecule has 0 saturated carbocycles. The van der Waals surface area contributed by atoms with Crippen LogP contribution in [0, 0.1) is 13.8 Å². The maximum absolute atomic E-state index is 12.1. The summed E-state index contributed by atoms with van der Waals surface area (Å²) in [4.78, 5) is 17.8. The molecule has 1 heterocycles. The fourth-order valence-corrected chi connectivity index (χ4v) is 3.57. The molecule has 0 unspecified atom stereocenters. The average molecular weight is 379 g/mol. The Hall–Kier alpha value is -2.86. The van der Waals surface area contributed by atoms with Gasteiger partial charge in [0.05, 0.1) is 24.6 Å². The molecule has 6 heteroatoms. The van der Waals surface area contributed by atoms with Gasteiger partial charge in [0.15, 0.2) is 0 Å². The minimum absolute atomic E-state index is 0.153. The lowest BCUT2D eigenvalue weighted by Crippen LogP contribution is -2.19. The predicted molar refractivity (Wildman–Crippen MR) is 111 cm³/mol. The summed E-state index contributed by atoms with van der Waals surface area (Å²) < 4.78 is 5.11. The summed E-state index contributed by atoms with van der Waals surface area (Å²) in [5.74, 6) is 0.912. The van der Waals surface area contributed by atoms with Gasteiger partial charge in [-0.3, -0.25) is 9.78 Å². The summed E-state index contributed by atoms with van der Waals surface area (Å²) in [5.41, 5.74) is 6.51. The summed E-state index contributed by atoms with van der Waals surface area (Å²) in [5, 5.41) is 5.08. The first-order chi connectivity index (χ1) is 13.1. The van der Waals surface area contributed by atoms with E-state index in [1.165, 1.54) is 11.8 Å². The quantitative estimate of drug-likeness (QED) is 0.398. The molecule has 0 fully saturated rings. The standard InChI is InChI=1S/C21H21N3O2S/c1-14-5-4-6-18-19(11-15(2)23-21(14)18)27-13-20(25)24-22-12-16-7-9-17(26-3)10-8-16/h4-12H,13H2,1-3H3,(H,24,25)/b22-12+. The first-order valence-electron chi connectivity index (χ1n) is 8.52. The normalized spacial score (nSPS) is 11.1. The number of ether oxygens (including phenoxy) is 1. The third kappa shape index (κ3) is 4.86. The van der Waals surface area contributed by atoms with Crippen LogP contribution in [-0.2, 0) is 4.79 Å². The number of amides is 1. The number of pyridine rings is 1. The van der Waals surface area contributed by atoms with Gasteiger partial charge in [-0.1, -0.05) is 18.2 Å². The van der Waals surface area contributed by atoms with Crippen LogP contribution in [0.1, 0.15) is 16.8 Å². The highest BCUT2D eigenvalue weighted by Gasteiger charge is 2.09. The number of thioether (sulfide) groups is 1. The van der Waals surface area contributed by atoms with Crippen LogP contribution in [0.3, 0.4) is 0 Å². The van der Waals surface area contributed by atoms with Gasteiger partial charge in [-0.25, -0.2) is 5.43 Å². The molecule has 5 nitrogen and oxygen atoms in total. The number of rotatable bonds is 6.